The summed E-state index contributed by atoms with van der Waals surface area (Å²) in [5, 5.41) is 8.79. The highest BCUT2D eigenvalue weighted by Crippen LogP contribution is 2.36. The maximum atomic E-state index is 15.7. The highest BCUT2D eigenvalue weighted by atomic mass is 19.1. The van der Waals surface area contributed by atoms with Crippen molar-refractivity contribution in [3.05, 3.63) is 71.1 Å². The Hall–Kier alpha value is -5.75. The Morgan fingerprint density at radius 3 is 2.23 bits per heavy atom. The van der Waals surface area contributed by atoms with Gasteiger partial charge in [-0.3, -0.25) is 39.1 Å². The number of nitrogens with zero attached hydrogens (tertiary/aromatic N) is 8. The lowest BCUT2D eigenvalue weighted by Crippen LogP contribution is -2.66. The number of anilines is 4. The Bertz CT molecular complexity index is 2360. The molecule has 0 saturated carbocycles. The van der Waals surface area contributed by atoms with E-state index in [0.717, 1.165) is 68.4 Å². The van der Waals surface area contributed by atoms with Gasteiger partial charge in [0.2, 0.25) is 17.7 Å². The molecule has 0 aliphatic carbocycles. The second-order valence-electron chi connectivity index (χ2n) is 19.5. The number of piperidine rings is 4. The number of carbonyl (C=O) groups excluding carboxylic acids is 5. The second-order valence-corrected chi connectivity index (χ2v) is 19.5. The van der Waals surface area contributed by atoms with Crippen molar-refractivity contribution < 1.29 is 32.8 Å². The van der Waals surface area contributed by atoms with Crippen LogP contribution in [0.1, 0.15) is 91.5 Å². The average molecular weight is 896 g/mol. The number of amides is 5. The minimum atomic E-state index is -1.02. The van der Waals surface area contributed by atoms with Crippen molar-refractivity contribution in [1.82, 2.24) is 35.3 Å². The Labute approximate surface area is 378 Å². The zero-order valence-electron chi connectivity index (χ0n) is 37.5. The summed E-state index contributed by atoms with van der Waals surface area (Å²) in [6.07, 6.45) is 6.87. The normalized spacial score (nSPS) is 22.7. The molecular weight excluding hydrogens is 837 g/mol. The van der Waals surface area contributed by atoms with Crippen LogP contribution in [0.3, 0.4) is 0 Å². The summed E-state index contributed by atoms with van der Waals surface area (Å²) in [4.78, 5) is 85.0. The monoisotopic (exact) mass is 895 g/mol. The lowest BCUT2D eigenvalue weighted by Gasteiger charge is -2.48. The summed E-state index contributed by atoms with van der Waals surface area (Å²) in [5.41, 5.74) is 1.19. The van der Waals surface area contributed by atoms with E-state index in [1.807, 2.05) is 6.07 Å². The van der Waals surface area contributed by atoms with E-state index in [0.29, 0.717) is 69.4 Å². The van der Waals surface area contributed by atoms with Crippen LogP contribution in [0.2, 0.25) is 0 Å². The third kappa shape index (κ3) is 9.24. The van der Waals surface area contributed by atoms with E-state index in [1.165, 1.54) is 12.1 Å². The molecule has 6 aliphatic rings. The molecule has 1 spiro atoms. The number of piperazine rings is 1. The van der Waals surface area contributed by atoms with Crippen LogP contribution in [-0.2, 0) is 20.9 Å². The molecule has 346 valence electrons. The quantitative estimate of drug-likeness (QED) is 0.239. The van der Waals surface area contributed by atoms with Crippen LogP contribution in [-0.4, -0.2) is 144 Å². The van der Waals surface area contributed by atoms with E-state index in [1.54, 1.807) is 29.4 Å². The molecule has 6 aliphatic heterocycles. The minimum Gasteiger partial charge on any atom is -0.383 e. The first kappa shape index (κ1) is 44.5. The van der Waals surface area contributed by atoms with Gasteiger partial charge in [0, 0.05) is 88.2 Å². The van der Waals surface area contributed by atoms with Crippen LogP contribution < -0.4 is 30.7 Å². The summed E-state index contributed by atoms with van der Waals surface area (Å²) in [6.45, 7) is 11.0. The third-order valence-electron chi connectivity index (χ3n) is 14.6. The van der Waals surface area contributed by atoms with Gasteiger partial charge < -0.3 is 30.2 Å². The molecule has 1 atom stereocenters. The number of halogens is 2. The predicted octanol–water partition coefficient (Wildman–Crippen LogP) is 3.77. The lowest BCUT2D eigenvalue weighted by molar-refractivity contribution is -0.136. The summed E-state index contributed by atoms with van der Waals surface area (Å²) < 4.78 is 31.2. The van der Waals surface area contributed by atoms with E-state index in [-0.39, 0.29) is 47.5 Å². The van der Waals surface area contributed by atoms with Gasteiger partial charge in [0.15, 0.2) is 0 Å². The van der Waals surface area contributed by atoms with E-state index < -0.39 is 46.8 Å². The summed E-state index contributed by atoms with van der Waals surface area (Å²) in [6, 6.07) is 8.98. The van der Waals surface area contributed by atoms with Crippen LogP contribution in [0, 0.1) is 17.0 Å². The highest BCUT2D eigenvalue weighted by Gasteiger charge is 2.46. The third-order valence-corrected chi connectivity index (χ3v) is 14.6. The zero-order valence-corrected chi connectivity index (χ0v) is 37.5. The van der Waals surface area contributed by atoms with Gasteiger partial charge in [0.1, 0.15) is 35.6 Å². The molecule has 9 rings (SSSR count). The number of fused-ring (bicyclic) bond motifs is 1. The molecule has 5 fully saturated rings. The number of nitrogens with one attached hydrogen (secondary N) is 3. The number of benzene rings is 2. The van der Waals surface area contributed by atoms with Gasteiger partial charge in [0.25, 0.3) is 11.8 Å². The number of rotatable bonds is 11. The Morgan fingerprint density at radius 2 is 1.52 bits per heavy atom. The van der Waals surface area contributed by atoms with Gasteiger partial charge in [-0.1, -0.05) is 19.9 Å². The first-order valence-electron chi connectivity index (χ1n) is 23.0. The van der Waals surface area contributed by atoms with Crippen molar-refractivity contribution >= 4 is 52.5 Å². The maximum absolute atomic E-state index is 15.7. The van der Waals surface area contributed by atoms with Crippen molar-refractivity contribution in [3.8, 4) is 0 Å². The van der Waals surface area contributed by atoms with Gasteiger partial charge >= 0.3 is 0 Å². The van der Waals surface area contributed by atoms with Crippen LogP contribution in [0.4, 0.5) is 31.8 Å². The number of hydrogen-bond acceptors (Lipinski definition) is 13. The van der Waals surface area contributed by atoms with Gasteiger partial charge in [0.05, 0.1) is 28.9 Å². The lowest BCUT2D eigenvalue weighted by atomic mass is 9.82. The number of likely N-dealkylation sites (N-methyl/N-ethyl adjacent to an activating group) is 1. The average Bonchev–Trinajstić information content (AvgIpc) is 3.54. The smallest absolute Gasteiger partial charge is 0.264 e. The van der Waals surface area contributed by atoms with Crippen molar-refractivity contribution in [2.24, 2.45) is 5.41 Å². The first-order chi connectivity index (χ1) is 31.2. The van der Waals surface area contributed by atoms with Gasteiger partial charge in [-0.25, -0.2) is 18.7 Å². The number of hydrogen-bond donors (Lipinski definition) is 3. The molecule has 7 heterocycles. The Morgan fingerprint density at radius 1 is 0.815 bits per heavy atom. The molecule has 3 aromatic rings. The molecular formula is C47H59F2N11O5. The molecule has 3 N–H and O–H groups in total. The standard InChI is InChI=1S/C47H59F2N11O5/c1-46(2)11-18-56(19-12-46)26-30-23-34(49)37(24-33(30)48)59-27-41(62)54-47(28-59)13-20-58(21-14-47)39-25-38(51-29-52-39)57-16-9-31(10-17-57)55(3)22-15-50-35-6-4-5-32-42(35)45(65)60(44(32)64)36-7-8-40(61)53-43(36)63/h4-6,23-25,29,31,36,50H,7-22,26-28H2,1-3H3,(H,54,62)(H,53,61,63). The number of imide groups is 2. The first-order valence-corrected chi connectivity index (χ1v) is 23.0. The van der Waals surface area contributed by atoms with Crippen molar-refractivity contribution in [2.75, 3.05) is 92.5 Å². The fourth-order valence-corrected chi connectivity index (χ4v) is 10.5. The van der Waals surface area contributed by atoms with E-state index in [9.17, 15) is 24.0 Å². The van der Waals surface area contributed by atoms with Gasteiger partial charge in [-0.15, -0.1) is 0 Å². The fraction of sp³-hybridized carbons (Fsp3) is 0.553. The van der Waals surface area contributed by atoms with Gasteiger partial charge in [-0.05, 0) is 88.7 Å². The molecule has 0 bridgehead atoms. The van der Waals surface area contributed by atoms with E-state index in [4.69, 9.17) is 0 Å². The van der Waals surface area contributed by atoms with Crippen molar-refractivity contribution in [1.29, 1.82) is 0 Å². The zero-order chi connectivity index (χ0) is 45.6. The van der Waals surface area contributed by atoms with Gasteiger partial charge in [-0.2, -0.15) is 0 Å². The molecule has 65 heavy (non-hydrogen) atoms. The topological polar surface area (TPSA) is 167 Å². The fourth-order valence-electron chi connectivity index (χ4n) is 10.5. The molecule has 0 radical (unpaired) electrons. The van der Waals surface area contributed by atoms with E-state index >= 15 is 8.78 Å². The van der Waals surface area contributed by atoms with Crippen molar-refractivity contribution in [2.45, 2.75) is 89.4 Å². The summed E-state index contributed by atoms with van der Waals surface area (Å²) >= 11 is 0. The Balaban J connectivity index is 0.753. The largest absolute Gasteiger partial charge is 0.383 e. The van der Waals surface area contributed by atoms with Crippen LogP contribution in [0.5, 0.6) is 0 Å². The van der Waals surface area contributed by atoms with E-state index in [2.05, 4.69) is 66.4 Å². The molecule has 16 nitrogen and oxygen atoms in total. The molecule has 1 unspecified atom stereocenters. The predicted molar refractivity (Wildman–Crippen MR) is 241 cm³/mol. The molecule has 5 saturated heterocycles. The molecule has 1 aromatic heterocycles. The number of aromatic nitrogens is 2. The van der Waals surface area contributed by atoms with Crippen LogP contribution >= 0.6 is 0 Å². The Kier molecular flexibility index (Phi) is 12.2. The van der Waals surface area contributed by atoms with Crippen molar-refractivity contribution in [3.63, 3.8) is 0 Å². The molecule has 5 amide bonds. The summed E-state index contributed by atoms with van der Waals surface area (Å²) in [5.74, 6) is -1.61. The van der Waals surface area contributed by atoms with Crippen LogP contribution in [0.15, 0.2) is 42.7 Å². The minimum absolute atomic E-state index is 0.0315. The molecule has 2 aromatic carbocycles. The van der Waals surface area contributed by atoms with Crippen LogP contribution in [0.25, 0.3) is 0 Å². The molecule has 18 heteroatoms. The SMILES string of the molecule is CN(CCNc1cccc2c1C(=O)N(C1CCC(=O)NC1=O)C2=O)C1CCN(c2cc(N3CCC4(CC3)CN(c3cc(F)c(CN5CCC(C)(C)CC5)cc3F)CC(=O)N4)ncn2)CC1. The maximum Gasteiger partial charge on any atom is 0.264 e. The number of likely N-dealkylation sites (tertiary alicyclic amines) is 1. The summed E-state index contributed by atoms with van der Waals surface area (Å²) in [7, 11) is 2.08. The second kappa shape index (κ2) is 17.9. The number of carbonyl (C=O) groups is 5. The highest BCUT2D eigenvalue weighted by molar-refractivity contribution is 6.25.